The molecule has 1 N–H and O–H groups in total. The van der Waals surface area contributed by atoms with Crippen LogP contribution < -0.4 is 4.90 Å². The average Bonchev–Trinajstić information content (AvgIpc) is 3.32. The number of benzene rings is 1. The Morgan fingerprint density at radius 1 is 1.22 bits per heavy atom. The summed E-state index contributed by atoms with van der Waals surface area (Å²) in [6, 6.07) is 9.17. The van der Waals surface area contributed by atoms with Crippen LogP contribution in [0.1, 0.15) is 51.0 Å². The maximum absolute atomic E-state index is 10.6. The zero-order valence-corrected chi connectivity index (χ0v) is 21.3. The molecule has 2 atom stereocenters. The van der Waals surface area contributed by atoms with Gasteiger partial charge in [-0.3, -0.25) is 4.90 Å². The summed E-state index contributed by atoms with van der Waals surface area (Å²) in [6.07, 6.45) is -1.60. The number of aromatic nitrogens is 2. The van der Waals surface area contributed by atoms with Crippen LogP contribution in [0.25, 0.3) is 0 Å². The summed E-state index contributed by atoms with van der Waals surface area (Å²) < 4.78 is 43.1. The number of morpholine rings is 1. The molecule has 0 saturated carbocycles. The predicted octanol–water partition coefficient (Wildman–Crippen LogP) is 4.78. The highest BCUT2D eigenvalue weighted by molar-refractivity contribution is 6.30. The second kappa shape index (κ2) is 12.2. The van der Waals surface area contributed by atoms with Crippen LogP contribution in [0, 0.1) is 0 Å². The van der Waals surface area contributed by atoms with E-state index < -0.39 is 12.1 Å². The van der Waals surface area contributed by atoms with Gasteiger partial charge in [0.1, 0.15) is 0 Å². The number of anilines is 1. The molecular weight excluding hydrogens is 501 g/mol. The van der Waals surface area contributed by atoms with E-state index in [1.807, 2.05) is 12.1 Å². The van der Waals surface area contributed by atoms with Crippen molar-refractivity contribution < 1.29 is 32.3 Å². The number of hydrogen-bond donors (Lipinski definition) is 1. The number of hydrogen-bond acceptors (Lipinski definition) is 7. The first-order chi connectivity index (χ1) is 16.9. The van der Waals surface area contributed by atoms with Gasteiger partial charge >= 0.3 is 12.1 Å². The van der Waals surface area contributed by atoms with Gasteiger partial charge in [-0.15, -0.1) is 0 Å². The molecule has 200 valence electrons. The van der Waals surface area contributed by atoms with E-state index in [2.05, 4.69) is 52.8 Å². The molecule has 1 aromatic carbocycles. The van der Waals surface area contributed by atoms with Crippen molar-refractivity contribution in [3.05, 3.63) is 40.7 Å². The number of carbonyl (C=O) groups is 1. The number of nitrogens with zero attached hydrogens (tertiary/aromatic N) is 4. The van der Waals surface area contributed by atoms with Crippen LogP contribution >= 0.6 is 11.6 Å². The molecule has 36 heavy (non-hydrogen) atoms. The van der Waals surface area contributed by atoms with Crippen molar-refractivity contribution in [3.8, 4) is 0 Å². The van der Waals surface area contributed by atoms with E-state index in [1.165, 1.54) is 5.56 Å². The third-order valence-corrected chi connectivity index (χ3v) is 6.53. The molecule has 1 aromatic heterocycles. The van der Waals surface area contributed by atoms with E-state index in [1.54, 1.807) is 0 Å². The lowest BCUT2D eigenvalue weighted by molar-refractivity contribution is -0.192. The highest BCUT2D eigenvalue weighted by Gasteiger charge is 2.38. The minimum atomic E-state index is -5.08. The molecule has 2 fully saturated rings. The van der Waals surface area contributed by atoms with Crippen LogP contribution in [0.5, 0.6) is 0 Å². The Bertz CT molecular complexity index is 978. The Balaban J connectivity index is 0.000000454. The van der Waals surface area contributed by atoms with Crippen molar-refractivity contribution in [1.29, 1.82) is 0 Å². The van der Waals surface area contributed by atoms with Crippen molar-refractivity contribution in [2.45, 2.75) is 70.3 Å². The van der Waals surface area contributed by atoms with Gasteiger partial charge in [-0.25, -0.2) is 4.79 Å². The Hall–Kier alpha value is -2.37. The molecule has 3 heterocycles. The molecule has 2 aliphatic heterocycles. The summed E-state index contributed by atoms with van der Waals surface area (Å²) >= 11 is 6.05. The number of alkyl halides is 3. The topological polar surface area (TPSA) is 91.9 Å². The third-order valence-electron chi connectivity index (χ3n) is 6.28. The average molecular weight is 533 g/mol. The lowest BCUT2D eigenvalue weighted by Crippen LogP contribution is -2.56. The first-order valence-corrected chi connectivity index (χ1v) is 12.3. The lowest BCUT2D eigenvalue weighted by Gasteiger charge is -2.46. The molecule has 2 aliphatic rings. The number of rotatable bonds is 5. The Kier molecular flexibility index (Phi) is 9.59. The first-order valence-electron chi connectivity index (χ1n) is 11.9. The number of piperidine rings is 1. The summed E-state index contributed by atoms with van der Waals surface area (Å²) in [6.45, 7) is 10.0. The molecule has 2 saturated heterocycles. The number of carboxylic acid groups (broad SMARTS) is 1. The van der Waals surface area contributed by atoms with E-state index in [0.29, 0.717) is 18.0 Å². The van der Waals surface area contributed by atoms with Crippen LogP contribution in [-0.4, -0.2) is 76.7 Å². The van der Waals surface area contributed by atoms with Gasteiger partial charge in [0.25, 0.3) is 5.95 Å². The second-order valence-corrected chi connectivity index (χ2v) is 9.87. The molecule has 4 rings (SSSR count). The van der Waals surface area contributed by atoms with E-state index in [0.717, 1.165) is 56.5 Å². The molecule has 0 unspecified atom stereocenters. The fraction of sp³-hybridized carbons (Fsp3) is 0.625. The molecule has 0 spiro atoms. The Labute approximate surface area is 213 Å². The first kappa shape index (κ1) is 28.2. The molecule has 0 aliphatic carbocycles. The summed E-state index contributed by atoms with van der Waals surface area (Å²) in [5.74, 6) is -1.04. The maximum Gasteiger partial charge on any atom is 0.490 e. The normalized spacial score (nSPS) is 21.8. The third kappa shape index (κ3) is 7.81. The van der Waals surface area contributed by atoms with Gasteiger partial charge in [-0.05, 0) is 49.0 Å². The van der Waals surface area contributed by atoms with Crippen LogP contribution in [0.4, 0.5) is 19.1 Å². The van der Waals surface area contributed by atoms with Gasteiger partial charge in [0, 0.05) is 42.7 Å². The molecule has 8 nitrogen and oxygen atoms in total. The fourth-order valence-electron chi connectivity index (χ4n) is 4.37. The second-order valence-electron chi connectivity index (χ2n) is 9.43. The highest BCUT2D eigenvalue weighted by atomic mass is 35.5. The van der Waals surface area contributed by atoms with Crippen molar-refractivity contribution >= 4 is 23.5 Å². The van der Waals surface area contributed by atoms with Crippen LogP contribution in [0.15, 0.2) is 28.8 Å². The maximum atomic E-state index is 10.6. The monoisotopic (exact) mass is 532 g/mol. The number of halogens is 4. The molecule has 0 radical (unpaired) electrons. The summed E-state index contributed by atoms with van der Waals surface area (Å²) in [5.41, 5.74) is 1.31. The smallest absolute Gasteiger partial charge is 0.475 e. The van der Waals surface area contributed by atoms with Gasteiger partial charge in [-0.1, -0.05) is 37.6 Å². The van der Waals surface area contributed by atoms with Crippen molar-refractivity contribution in [3.63, 3.8) is 0 Å². The molecule has 12 heteroatoms. The van der Waals surface area contributed by atoms with Crippen molar-refractivity contribution in [1.82, 2.24) is 15.0 Å². The minimum Gasteiger partial charge on any atom is -0.475 e. The number of ether oxygens (including phenoxy) is 1. The molecule has 0 amide bonds. The zero-order chi connectivity index (χ0) is 26.5. The summed E-state index contributed by atoms with van der Waals surface area (Å²) in [4.78, 5) is 18.4. The molecular formula is C24H32ClF3N4O4. The van der Waals surface area contributed by atoms with Gasteiger partial charge in [0.2, 0.25) is 5.89 Å². The van der Waals surface area contributed by atoms with E-state index in [4.69, 9.17) is 30.8 Å². The minimum absolute atomic E-state index is 0.261. The lowest BCUT2D eigenvalue weighted by atomic mass is 9.96. The van der Waals surface area contributed by atoms with E-state index in [-0.39, 0.29) is 12.0 Å². The SMILES string of the molecule is CC(C)c1nc(N2CCC(N3C[C@H](C)OC[C@@H]3Cc3ccc(Cl)cc3)CC2)no1.O=C(O)C(F)(F)F. The number of carboxylic acids is 1. The van der Waals surface area contributed by atoms with E-state index >= 15 is 0 Å². The Morgan fingerprint density at radius 3 is 2.36 bits per heavy atom. The largest absolute Gasteiger partial charge is 0.490 e. The van der Waals surface area contributed by atoms with Crippen molar-refractivity contribution in [2.24, 2.45) is 0 Å². The van der Waals surface area contributed by atoms with E-state index in [9.17, 15) is 13.2 Å². The van der Waals surface area contributed by atoms with Crippen LogP contribution in [-0.2, 0) is 16.0 Å². The van der Waals surface area contributed by atoms with Gasteiger partial charge in [0.15, 0.2) is 0 Å². The number of aliphatic carboxylic acids is 1. The highest BCUT2D eigenvalue weighted by Crippen LogP contribution is 2.27. The van der Waals surface area contributed by atoms with Gasteiger partial charge in [0.05, 0.1) is 12.7 Å². The molecule has 2 aromatic rings. The predicted molar refractivity (Wildman–Crippen MR) is 128 cm³/mol. The summed E-state index contributed by atoms with van der Waals surface area (Å²) in [5, 5.41) is 12.1. The summed E-state index contributed by atoms with van der Waals surface area (Å²) in [7, 11) is 0. The standard InChI is InChI=1S/C22H31ClN4O2.C2HF3O2/c1-15(2)21-24-22(25-29-21)26-10-8-19(9-11-26)27-13-16(3)28-14-20(27)12-17-4-6-18(23)7-5-17;3-2(4,5)1(6)7/h4-7,15-16,19-20H,8-14H2,1-3H3;(H,6,7)/t16-,20-;/m0./s1. The van der Waals surface area contributed by atoms with Gasteiger partial charge < -0.3 is 19.3 Å². The van der Waals surface area contributed by atoms with Crippen molar-refractivity contribution in [2.75, 3.05) is 31.1 Å². The zero-order valence-electron chi connectivity index (χ0n) is 20.5. The Morgan fingerprint density at radius 2 is 1.83 bits per heavy atom. The van der Waals surface area contributed by atoms with Gasteiger partial charge in [-0.2, -0.15) is 18.2 Å². The fourth-order valence-corrected chi connectivity index (χ4v) is 4.50. The quantitative estimate of drug-likeness (QED) is 0.588. The van der Waals surface area contributed by atoms with Crippen LogP contribution in [0.2, 0.25) is 5.02 Å². The molecule has 0 bridgehead atoms. The van der Waals surface area contributed by atoms with Crippen LogP contribution in [0.3, 0.4) is 0 Å².